The van der Waals surface area contributed by atoms with Gasteiger partial charge in [-0.2, -0.15) is 0 Å². The highest BCUT2D eigenvalue weighted by molar-refractivity contribution is 6.45. The number of rotatable bonds is 5. The van der Waals surface area contributed by atoms with Crippen molar-refractivity contribution in [3.05, 3.63) is 218 Å². The van der Waals surface area contributed by atoms with Crippen molar-refractivity contribution in [1.82, 2.24) is 0 Å². The van der Waals surface area contributed by atoms with Gasteiger partial charge in [0.25, 0.3) is 0 Å². The van der Waals surface area contributed by atoms with Crippen LogP contribution in [0.4, 0.5) is 0 Å². The zero-order chi connectivity index (χ0) is 39.3. The van der Waals surface area contributed by atoms with Crippen LogP contribution >= 0.6 is 0 Å². The highest BCUT2D eigenvalue weighted by Crippen LogP contribution is 2.56. The van der Waals surface area contributed by atoms with Crippen LogP contribution in [-0.2, 0) is 0 Å². The summed E-state index contributed by atoms with van der Waals surface area (Å²) in [4.78, 5) is 0. The van der Waals surface area contributed by atoms with Crippen molar-refractivity contribution in [3.63, 3.8) is 0 Å². The molecular formula is C60H36. The average Bonchev–Trinajstić information content (AvgIpc) is 3.83. The Kier molecular flexibility index (Phi) is 7.11. The van der Waals surface area contributed by atoms with Crippen molar-refractivity contribution in [2.45, 2.75) is 0 Å². The third kappa shape index (κ3) is 4.62. The Balaban J connectivity index is 1.26. The predicted octanol–water partition coefficient (Wildman–Crippen LogP) is 17.0. The van der Waals surface area contributed by atoms with Gasteiger partial charge in [0, 0.05) is 0 Å². The fraction of sp³-hybridized carbons (Fsp3) is 0. The minimum atomic E-state index is 1.21. The van der Waals surface area contributed by atoms with E-state index in [1.807, 2.05) is 0 Å². The van der Waals surface area contributed by atoms with Gasteiger partial charge in [0.2, 0.25) is 0 Å². The lowest BCUT2D eigenvalue weighted by molar-refractivity contribution is 1.57. The van der Waals surface area contributed by atoms with E-state index < -0.39 is 0 Å². The average molecular weight is 757 g/mol. The summed E-state index contributed by atoms with van der Waals surface area (Å²) < 4.78 is 0. The molecule has 0 aliphatic rings. The predicted molar refractivity (Wildman–Crippen MR) is 259 cm³/mol. The van der Waals surface area contributed by atoms with Crippen molar-refractivity contribution in [2.75, 3.05) is 0 Å². The summed E-state index contributed by atoms with van der Waals surface area (Å²) in [7, 11) is 0. The first-order chi connectivity index (χ1) is 29.8. The molecule has 0 unspecified atom stereocenters. The van der Waals surface area contributed by atoms with Crippen LogP contribution in [0.15, 0.2) is 218 Å². The van der Waals surface area contributed by atoms with Crippen LogP contribution in [0.5, 0.6) is 0 Å². The van der Waals surface area contributed by atoms with Gasteiger partial charge in [-0.25, -0.2) is 0 Å². The lowest BCUT2D eigenvalue weighted by atomic mass is 9.83. The molecule has 0 atom stereocenters. The van der Waals surface area contributed by atoms with Crippen LogP contribution in [-0.4, -0.2) is 0 Å². The van der Waals surface area contributed by atoms with Crippen molar-refractivity contribution in [2.24, 2.45) is 0 Å². The molecule has 60 heavy (non-hydrogen) atoms. The lowest BCUT2D eigenvalue weighted by Gasteiger charge is -2.19. The molecule has 0 heterocycles. The van der Waals surface area contributed by atoms with E-state index >= 15 is 0 Å². The van der Waals surface area contributed by atoms with Gasteiger partial charge in [0.05, 0.1) is 0 Å². The summed E-state index contributed by atoms with van der Waals surface area (Å²) in [5, 5.41) is 18.4. The molecule has 276 valence electrons. The van der Waals surface area contributed by atoms with E-state index in [-0.39, 0.29) is 0 Å². The molecule has 0 spiro atoms. The molecule has 0 saturated carbocycles. The van der Waals surface area contributed by atoms with Gasteiger partial charge >= 0.3 is 0 Å². The van der Waals surface area contributed by atoms with Crippen LogP contribution in [0, 0.1) is 0 Å². The third-order valence-corrected chi connectivity index (χ3v) is 13.1. The summed E-state index contributed by atoms with van der Waals surface area (Å²) in [6, 6.07) is 81.2. The first kappa shape index (κ1) is 33.2. The maximum Gasteiger partial charge on any atom is -0.000719 e. The minimum Gasteiger partial charge on any atom is -0.0622 e. The topological polar surface area (TPSA) is 0 Å². The van der Waals surface area contributed by atoms with E-state index in [9.17, 15) is 0 Å². The molecule has 0 saturated heterocycles. The van der Waals surface area contributed by atoms with E-state index in [4.69, 9.17) is 0 Å². The highest BCUT2D eigenvalue weighted by atomic mass is 14.3. The Bertz CT molecular complexity index is 3710. The molecule has 0 N–H and O–H groups in total. The van der Waals surface area contributed by atoms with Crippen LogP contribution in [0.1, 0.15) is 0 Å². The Morgan fingerprint density at radius 2 is 0.583 bits per heavy atom. The van der Waals surface area contributed by atoms with Crippen molar-refractivity contribution in [3.8, 4) is 55.6 Å². The maximum absolute atomic E-state index is 2.53. The molecule has 0 radical (unpaired) electrons. The minimum absolute atomic E-state index is 1.21. The molecule has 13 aromatic carbocycles. The molecule has 13 rings (SSSR count). The van der Waals surface area contributed by atoms with E-state index in [0.29, 0.717) is 0 Å². The molecule has 0 bridgehead atoms. The largest absolute Gasteiger partial charge is 0.0622 e. The fourth-order valence-electron chi connectivity index (χ4n) is 10.8. The van der Waals surface area contributed by atoms with Gasteiger partial charge < -0.3 is 0 Å². The van der Waals surface area contributed by atoms with Crippen LogP contribution in [0.2, 0.25) is 0 Å². The van der Waals surface area contributed by atoms with Gasteiger partial charge in [-0.05, 0) is 137 Å². The summed E-state index contributed by atoms with van der Waals surface area (Å²) in [5.41, 5.74) is 12.5. The smallest absolute Gasteiger partial charge is 0.000719 e. The molecule has 13 aromatic rings. The monoisotopic (exact) mass is 756 g/mol. The first-order valence-electron chi connectivity index (χ1n) is 20.9. The zero-order valence-electron chi connectivity index (χ0n) is 32.8. The number of hydrogen-bond acceptors (Lipinski definition) is 0. The van der Waals surface area contributed by atoms with Gasteiger partial charge in [-0.15, -0.1) is 0 Å². The maximum atomic E-state index is 2.53. The summed E-state index contributed by atoms with van der Waals surface area (Å²) in [5.74, 6) is 0. The van der Waals surface area contributed by atoms with Crippen LogP contribution in [0.25, 0.3) is 131 Å². The zero-order valence-corrected chi connectivity index (χ0v) is 32.8. The molecule has 0 aliphatic heterocycles. The number of benzene rings is 11. The molecule has 0 fully saturated rings. The number of fused-ring (bicyclic) bond motifs is 8. The normalized spacial score (nSPS) is 12.0. The molecular weight excluding hydrogens is 721 g/mol. The Morgan fingerprint density at radius 1 is 0.167 bits per heavy atom. The van der Waals surface area contributed by atoms with Crippen LogP contribution < -0.4 is 0 Å². The van der Waals surface area contributed by atoms with Gasteiger partial charge in [0.1, 0.15) is 0 Å². The molecule has 0 heteroatoms. The molecule has 0 amide bonds. The van der Waals surface area contributed by atoms with Gasteiger partial charge in [-0.3, -0.25) is 0 Å². The first-order valence-corrected chi connectivity index (χ1v) is 20.9. The lowest BCUT2D eigenvalue weighted by Crippen LogP contribution is -1.92. The van der Waals surface area contributed by atoms with E-state index in [1.54, 1.807) is 0 Å². The van der Waals surface area contributed by atoms with Crippen LogP contribution in [0.3, 0.4) is 0 Å². The van der Waals surface area contributed by atoms with E-state index in [1.165, 1.54) is 131 Å². The SMILES string of the molecule is c1ccc(-c2cccc(-c3ccccc3)c2-c2ccc3c4c(-c5ccccc5)c5c(cc6c7ccccc7c7cccc5c76)c(-c5ccccc5)c4c4cccc2c43)cc1. The third-order valence-electron chi connectivity index (χ3n) is 13.1. The standard InChI is InChI=1S/C60H36/c1-5-18-37(19-6-1)41-28-15-29-42(38-20-7-2-8-21-38)55(41)47-34-35-50-56-46(47)31-17-33-49(56)59-53(39-22-9-3-10-23-39)52-36-51-44-27-14-13-26-43(44)45-30-16-32-48(57(45)51)58(52)54(60(50)59)40-24-11-4-12-25-40/h1-36H. The van der Waals surface area contributed by atoms with Gasteiger partial charge in [-0.1, -0.05) is 212 Å². The molecule has 0 nitrogen and oxygen atoms in total. The van der Waals surface area contributed by atoms with E-state index in [0.717, 1.165) is 0 Å². The second-order valence-corrected chi connectivity index (χ2v) is 16.2. The number of hydrogen-bond donors (Lipinski definition) is 0. The van der Waals surface area contributed by atoms with Crippen molar-refractivity contribution >= 4 is 75.4 Å². The quantitative estimate of drug-likeness (QED) is 0.153. The second-order valence-electron chi connectivity index (χ2n) is 16.2. The summed E-state index contributed by atoms with van der Waals surface area (Å²) in [6.45, 7) is 0. The van der Waals surface area contributed by atoms with E-state index in [2.05, 4.69) is 218 Å². The Labute approximate surface area is 347 Å². The molecule has 0 aliphatic carbocycles. The second kappa shape index (κ2) is 12.9. The van der Waals surface area contributed by atoms with Crippen molar-refractivity contribution in [1.29, 1.82) is 0 Å². The highest BCUT2D eigenvalue weighted by Gasteiger charge is 2.27. The summed E-state index contributed by atoms with van der Waals surface area (Å²) >= 11 is 0. The summed E-state index contributed by atoms with van der Waals surface area (Å²) in [6.07, 6.45) is 0. The Morgan fingerprint density at radius 3 is 1.20 bits per heavy atom. The molecule has 0 aromatic heterocycles. The fourth-order valence-corrected chi connectivity index (χ4v) is 10.8. The Hall–Kier alpha value is -7.80. The van der Waals surface area contributed by atoms with Crippen molar-refractivity contribution < 1.29 is 0 Å². The van der Waals surface area contributed by atoms with Gasteiger partial charge in [0.15, 0.2) is 0 Å².